The monoisotopic (exact) mass is 486 g/mol. The maximum Gasteiger partial charge on any atom is 0.342 e. The first-order valence-corrected chi connectivity index (χ1v) is 12.5. The Morgan fingerprint density at radius 3 is 2.70 bits per heavy atom. The molecule has 10 heteroatoms. The molecular weight excluding hydrogens is 464 g/mol. The van der Waals surface area contributed by atoms with E-state index in [2.05, 4.69) is 5.32 Å². The number of carbonyl (C=O) groups excluding carboxylic acids is 2. The Balaban J connectivity index is 1.49. The number of methoxy groups -OCH3 is 1. The fraction of sp³-hybridized carbons (Fsp3) is 0.217. The summed E-state index contributed by atoms with van der Waals surface area (Å²) in [6.07, 6.45) is 0.612. The minimum atomic E-state index is -3.91. The molecule has 0 bridgehead atoms. The summed E-state index contributed by atoms with van der Waals surface area (Å²) in [5.74, 6) is -1.16. The summed E-state index contributed by atoms with van der Waals surface area (Å²) < 4.78 is 38.3. The first-order chi connectivity index (χ1) is 15.9. The predicted molar refractivity (Wildman–Crippen MR) is 124 cm³/mol. The number of benzene rings is 2. The number of amides is 1. The number of thiophene rings is 1. The summed E-state index contributed by atoms with van der Waals surface area (Å²) in [4.78, 5) is 25.6. The molecule has 1 N–H and O–H groups in total. The zero-order valence-corrected chi connectivity index (χ0v) is 19.4. The molecule has 0 saturated carbocycles. The van der Waals surface area contributed by atoms with Gasteiger partial charge in [0.2, 0.25) is 0 Å². The van der Waals surface area contributed by atoms with E-state index in [1.54, 1.807) is 12.1 Å². The van der Waals surface area contributed by atoms with Gasteiger partial charge in [-0.15, -0.1) is 11.3 Å². The van der Waals surface area contributed by atoms with Gasteiger partial charge < -0.3 is 14.8 Å². The second-order valence-electron chi connectivity index (χ2n) is 7.25. The lowest BCUT2D eigenvalue weighted by atomic mass is 10.2. The molecule has 4 rings (SSSR count). The molecular formula is C23H22N2O6S2. The molecule has 2 aromatic carbocycles. The van der Waals surface area contributed by atoms with Crippen molar-refractivity contribution in [2.24, 2.45) is 0 Å². The van der Waals surface area contributed by atoms with Gasteiger partial charge in [-0.2, -0.15) is 0 Å². The van der Waals surface area contributed by atoms with Crippen LogP contribution >= 0.6 is 11.3 Å². The summed E-state index contributed by atoms with van der Waals surface area (Å²) >= 11 is 1.50. The number of anilines is 1. The highest BCUT2D eigenvalue weighted by atomic mass is 32.2. The largest absolute Gasteiger partial charge is 0.496 e. The molecule has 33 heavy (non-hydrogen) atoms. The fourth-order valence-electron chi connectivity index (χ4n) is 3.55. The number of esters is 1. The van der Waals surface area contributed by atoms with Gasteiger partial charge in [0, 0.05) is 11.4 Å². The molecule has 8 nitrogen and oxygen atoms in total. The van der Waals surface area contributed by atoms with E-state index in [1.807, 2.05) is 29.6 Å². The number of rotatable bonds is 8. The fourth-order valence-corrected chi connectivity index (χ4v) is 5.73. The van der Waals surface area contributed by atoms with Crippen LogP contribution in [-0.4, -0.2) is 40.6 Å². The van der Waals surface area contributed by atoms with Crippen LogP contribution in [0.4, 0.5) is 5.69 Å². The zero-order valence-electron chi connectivity index (χ0n) is 17.8. The first-order valence-electron chi connectivity index (χ1n) is 10.1. The smallest absolute Gasteiger partial charge is 0.342 e. The van der Waals surface area contributed by atoms with Crippen LogP contribution < -0.4 is 14.4 Å². The van der Waals surface area contributed by atoms with Crippen LogP contribution in [0.3, 0.4) is 0 Å². The van der Waals surface area contributed by atoms with Crippen LogP contribution in [0.1, 0.15) is 20.8 Å². The van der Waals surface area contributed by atoms with Gasteiger partial charge in [0.05, 0.1) is 24.2 Å². The minimum Gasteiger partial charge on any atom is -0.496 e. The Bertz CT molecular complexity index is 1270. The Morgan fingerprint density at radius 2 is 1.94 bits per heavy atom. The lowest BCUT2D eigenvalue weighted by molar-refractivity contribution is -0.124. The number of hydrogen-bond acceptors (Lipinski definition) is 7. The Kier molecular flexibility index (Phi) is 6.66. The highest BCUT2D eigenvalue weighted by molar-refractivity contribution is 7.92. The van der Waals surface area contributed by atoms with Crippen molar-refractivity contribution < 1.29 is 27.5 Å². The van der Waals surface area contributed by atoms with Gasteiger partial charge >= 0.3 is 5.97 Å². The zero-order chi connectivity index (χ0) is 23.4. The van der Waals surface area contributed by atoms with Crippen LogP contribution in [0.5, 0.6) is 5.75 Å². The highest BCUT2D eigenvalue weighted by Crippen LogP contribution is 2.34. The lowest BCUT2D eigenvalue weighted by Crippen LogP contribution is -2.29. The second-order valence-corrected chi connectivity index (χ2v) is 10.1. The molecule has 172 valence electrons. The van der Waals surface area contributed by atoms with Crippen molar-refractivity contribution in [3.63, 3.8) is 0 Å². The second kappa shape index (κ2) is 9.63. The molecule has 1 aromatic heterocycles. The van der Waals surface area contributed by atoms with Crippen molar-refractivity contribution in [3.05, 3.63) is 76.0 Å². The molecule has 1 aliphatic rings. The average Bonchev–Trinajstić information content (AvgIpc) is 3.51. The molecule has 1 amide bonds. The average molecular weight is 487 g/mol. The summed E-state index contributed by atoms with van der Waals surface area (Å²) in [6, 6.07) is 15.1. The normalized spacial score (nSPS) is 12.8. The topological polar surface area (TPSA) is 102 Å². The van der Waals surface area contributed by atoms with Gasteiger partial charge in [0.1, 0.15) is 11.3 Å². The predicted octanol–water partition coefficient (Wildman–Crippen LogP) is 2.98. The molecule has 0 unspecified atom stereocenters. The van der Waals surface area contributed by atoms with E-state index in [4.69, 9.17) is 9.47 Å². The van der Waals surface area contributed by atoms with Crippen LogP contribution in [0.15, 0.2) is 64.9 Å². The summed E-state index contributed by atoms with van der Waals surface area (Å²) in [5.41, 5.74) is 1.50. The third kappa shape index (κ3) is 4.86. The standard InChI is InChI=1S/C23H22N2O6S2/c1-30-21-9-8-18(33(28,29)25-11-10-16-5-2-3-7-20(16)25)13-19(21)23(27)31-15-22(26)24-14-17-6-4-12-32-17/h2-9,12-13H,10-11,14-15H2,1H3,(H,24,26). The van der Waals surface area contributed by atoms with Crippen molar-refractivity contribution in [3.8, 4) is 5.75 Å². The molecule has 0 atom stereocenters. The molecule has 0 aliphatic carbocycles. The molecule has 0 fully saturated rings. The number of nitrogens with zero attached hydrogens (tertiary/aromatic N) is 1. The molecule has 2 heterocycles. The Hall–Kier alpha value is -3.37. The summed E-state index contributed by atoms with van der Waals surface area (Å²) in [6.45, 7) is 0.157. The number of sulfonamides is 1. The number of nitrogens with one attached hydrogen (secondary N) is 1. The summed E-state index contributed by atoms with van der Waals surface area (Å²) in [5, 5.41) is 4.56. The number of fused-ring (bicyclic) bond motifs is 1. The van der Waals surface area contributed by atoms with E-state index >= 15 is 0 Å². The van der Waals surface area contributed by atoms with Crippen LogP contribution in [0.25, 0.3) is 0 Å². The Morgan fingerprint density at radius 1 is 1.12 bits per heavy atom. The van der Waals surface area contributed by atoms with E-state index in [1.165, 1.54) is 41.0 Å². The molecule has 3 aromatic rings. The van der Waals surface area contributed by atoms with Gasteiger partial charge in [-0.1, -0.05) is 24.3 Å². The molecule has 0 radical (unpaired) electrons. The third-order valence-electron chi connectivity index (χ3n) is 5.20. The highest BCUT2D eigenvalue weighted by Gasteiger charge is 2.31. The van der Waals surface area contributed by atoms with E-state index in [0.29, 0.717) is 25.2 Å². The van der Waals surface area contributed by atoms with Crippen molar-refractivity contribution in [2.45, 2.75) is 17.9 Å². The quantitative estimate of drug-likeness (QED) is 0.491. The SMILES string of the molecule is COc1ccc(S(=O)(=O)N2CCc3ccccc32)cc1C(=O)OCC(=O)NCc1cccs1. The number of para-hydroxylation sites is 1. The van der Waals surface area contributed by atoms with Crippen molar-refractivity contribution in [2.75, 3.05) is 24.6 Å². The van der Waals surface area contributed by atoms with Gasteiger partial charge in [0.15, 0.2) is 6.61 Å². The maximum atomic E-state index is 13.3. The van der Waals surface area contributed by atoms with E-state index in [0.717, 1.165) is 10.4 Å². The summed E-state index contributed by atoms with van der Waals surface area (Å²) in [7, 11) is -2.54. The maximum absolute atomic E-state index is 13.3. The lowest BCUT2D eigenvalue weighted by Gasteiger charge is -2.20. The number of carbonyl (C=O) groups is 2. The van der Waals surface area contributed by atoms with Gasteiger partial charge in [-0.05, 0) is 47.7 Å². The van der Waals surface area contributed by atoms with Gasteiger partial charge in [-0.25, -0.2) is 13.2 Å². The van der Waals surface area contributed by atoms with Crippen LogP contribution in [0.2, 0.25) is 0 Å². The van der Waals surface area contributed by atoms with Crippen molar-refractivity contribution in [1.82, 2.24) is 5.32 Å². The molecule has 0 spiro atoms. The van der Waals surface area contributed by atoms with Crippen LogP contribution in [0, 0.1) is 0 Å². The van der Waals surface area contributed by atoms with E-state index in [-0.39, 0.29) is 16.2 Å². The third-order valence-corrected chi connectivity index (χ3v) is 7.88. The van der Waals surface area contributed by atoms with Gasteiger partial charge in [-0.3, -0.25) is 9.10 Å². The Labute approximate surface area is 195 Å². The number of hydrogen-bond donors (Lipinski definition) is 1. The number of ether oxygens (including phenoxy) is 2. The minimum absolute atomic E-state index is 0.0610. The van der Waals surface area contributed by atoms with E-state index < -0.39 is 28.5 Å². The van der Waals surface area contributed by atoms with Crippen LogP contribution in [-0.2, 0) is 32.5 Å². The molecule has 0 saturated heterocycles. The molecule has 1 aliphatic heterocycles. The van der Waals surface area contributed by atoms with Crippen molar-refractivity contribution in [1.29, 1.82) is 0 Å². The van der Waals surface area contributed by atoms with Gasteiger partial charge in [0.25, 0.3) is 15.9 Å². The first kappa shape index (κ1) is 22.8. The van der Waals surface area contributed by atoms with E-state index in [9.17, 15) is 18.0 Å². The van der Waals surface area contributed by atoms with Crippen molar-refractivity contribution >= 4 is 38.9 Å².